The van der Waals surface area contributed by atoms with E-state index in [0.717, 1.165) is 13.8 Å². The van der Waals surface area contributed by atoms with E-state index in [0.29, 0.717) is 0 Å². The first-order chi connectivity index (χ1) is 15.0. The van der Waals surface area contributed by atoms with E-state index in [9.17, 15) is 29.1 Å². The van der Waals surface area contributed by atoms with Gasteiger partial charge < -0.3 is 39.8 Å². The monoisotopic (exact) mass is 456 g/mol. The van der Waals surface area contributed by atoms with Crippen molar-refractivity contribution in [3.63, 3.8) is 0 Å². The number of allylic oxidation sites excluding steroid dienone is 1. The molecule has 1 saturated heterocycles. The molecule has 0 aromatic carbocycles. The van der Waals surface area contributed by atoms with Crippen LogP contribution in [0.15, 0.2) is 24.0 Å². The fourth-order valence-electron chi connectivity index (χ4n) is 3.11. The zero-order chi connectivity index (χ0) is 24.0. The molecule has 1 fully saturated rings. The molecule has 13 heteroatoms. The lowest BCUT2D eigenvalue weighted by atomic mass is 10.1. The van der Waals surface area contributed by atoms with Gasteiger partial charge >= 0.3 is 23.9 Å². The highest BCUT2D eigenvalue weighted by Crippen LogP contribution is 2.32. The van der Waals surface area contributed by atoms with E-state index in [1.165, 1.54) is 11.1 Å². The highest BCUT2D eigenvalue weighted by atomic mass is 16.7. The van der Waals surface area contributed by atoms with Crippen molar-refractivity contribution in [1.82, 2.24) is 4.90 Å². The third kappa shape index (κ3) is 6.52. The molecular formula is C19H24N2O11. The Morgan fingerprint density at radius 1 is 1.19 bits per heavy atom. The van der Waals surface area contributed by atoms with Gasteiger partial charge in [-0.15, -0.1) is 0 Å². The maximum atomic E-state index is 11.8. The highest BCUT2D eigenvalue weighted by Gasteiger charge is 2.51. The first kappa shape index (κ1) is 24.8. The van der Waals surface area contributed by atoms with Crippen molar-refractivity contribution < 1.29 is 53.1 Å². The Morgan fingerprint density at radius 2 is 1.81 bits per heavy atom. The summed E-state index contributed by atoms with van der Waals surface area (Å²) < 4.78 is 21.3. The van der Waals surface area contributed by atoms with Gasteiger partial charge in [0.15, 0.2) is 24.5 Å². The van der Waals surface area contributed by atoms with Crippen molar-refractivity contribution in [1.29, 1.82) is 0 Å². The fourth-order valence-corrected chi connectivity index (χ4v) is 3.11. The van der Waals surface area contributed by atoms with Crippen LogP contribution in [0.1, 0.15) is 26.7 Å². The molecule has 32 heavy (non-hydrogen) atoms. The lowest BCUT2D eigenvalue weighted by Crippen LogP contribution is -2.45. The van der Waals surface area contributed by atoms with Crippen LogP contribution in [0.4, 0.5) is 0 Å². The van der Waals surface area contributed by atoms with Gasteiger partial charge in [-0.1, -0.05) is 6.08 Å². The first-order valence-corrected chi connectivity index (χ1v) is 9.50. The van der Waals surface area contributed by atoms with E-state index in [2.05, 4.69) is 0 Å². The van der Waals surface area contributed by atoms with Gasteiger partial charge in [0, 0.05) is 31.8 Å². The van der Waals surface area contributed by atoms with Crippen LogP contribution in [0, 0.1) is 0 Å². The van der Waals surface area contributed by atoms with Crippen LogP contribution in [0.3, 0.4) is 0 Å². The molecule has 0 aromatic heterocycles. The van der Waals surface area contributed by atoms with E-state index in [1.807, 2.05) is 0 Å². The second-order valence-corrected chi connectivity index (χ2v) is 7.01. The summed E-state index contributed by atoms with van der Waals surface area (Å²) in [4.78, 5) is 58.8. The molecule has 5 atom stereocenters. The lowest BCUT2D eigenvalue weighted by Gasteiger charge is -2.30. The smallest absolute Gasteiger partial charge is 0.333 e. The molecule has 2 aliphatic rings. The summed E-state index contributed by atoms with van der Waals surface area (Å²) in [5.41, 5.74) is 5.57. The summed E-state index contributed by atoms with van der Waals surface area (Å²) in [7, 11) is 0. The number of esters is 3. The highest BCUT2D eigenvalue weighted by molar-refractivity contribution is 5.92. The topological polar surface area (TPSA) is 192 Å². The molecule has 13 nitrogen and oxygen atoms in total. The molecule has 0 radical (unpaired) electrons. The zero-order valence-electron chi connectivity index (χ0n) is 17.3. The maximum Gasteiger partial charge on any atom is 0.333 e. The first-order valence-electron chi connectivity index (χ1n) is 9.50. The van der Waals surface area contributed by atoms with Gasteiger partial charge in [-0.05, 0) is 6.42 Å². The molecule has 2 aliphatic heterocycles. The van der Waals surface area contributed by atoms with Gasteiger partial charge in [0.2, 0.25) is 5.91 Å². The maximum absolute atomic E-state index is 11.8. The molecular weight excluding hydrogens is 432 g/mol. The second-order valence-electron chi connectivity index (χ2n) is 7.01. The summed E-state index contributed by atoms with van der Waals surface area (Å²) in [6.45, 7) is 1.76. The third-order valence-electron chi connectivity index (χ3n) is 4.47. The normalized spacial score (nSPS) is 25.5. The number of ether oxygens (including phenoxy) is 4. The Bertz CT molecular complexity index is 837. The van der Waals surface area contributed by atoms with Crippen LogP contribution < -0.4 is 5.73 Å². The number of aliphatic carboxylic acids is 1. The molecule has 176 valence electrons. The Balaban J connectivity index is 2.23. The summed E-state index contributed by atoms with van der Waals surface area (Å²) in [5, 5.41) is 17.9. The van der Waals surface area contributed by atoms with Crippen molar-refractivity contribution in [2.45, 2.75) is 57.3 Å². The van der Waals surface area contributed by atoms with Crippen molar-refractivity contribution in [3.05, 3.63) is 24.0 Å². The van der Waals surface area contributed by atoms with E-state index < -0.39 is 73.5 Å². The Morgan fingerprint density at radius 3 is 2.38 bits per heavy atom. The fraction of sp³-hybridized carbons (Fsp3) is 0.526. The Kier molecular flexibility index (Phi) is 8.32. The summed E-state index contributed by atoms with van der Waals surface area (Å²) in [5.74, 6) is -4.73. The largest absolute Gasteiger partial charge is 0.479 e. The molecule has 1 amide bonds. The minimum Gasteiger partial charge on any atom is -0.479 e. The number of aliphatic hydroxyl groups excluding tert-OH is 1. The number of amides is 1. The average molecular weight is 456 g/mol. The summed E-state index contributed by atoms with van der Waals surface area (Å²) >= 11 is 0. The van der Waals surface area contributed by atoms with Gasteiger partial charge in [0.05, 0.1) is 6.42 Å². The third-order valence-corrected chi connectivity index (χ3v) is 4.47. The van der Waals surface area contributed by atoms with Crippen molar-refractivity contribution >= 4 is 29.8 Å². The Hall–Kier alpha value is -3.45. The quantitative estimate of drug-likeness (QED) is 0.270. The van der Waals surface area contributed by atoms with Crippen LogP contribution >= 0.6 is 0 Å². The SMILES string of the molecule is CC(=O)O[C@@H]1[C@H](OC(C)=O)[C@@H](COC(=O)C[C@H](O)C(=O)O)O[C@H]1N1C=CCC(C(N)=O)=C1. The standard InChI is InChI=1S/C19H24N2O11/c1-9(22)30-15-13(8-29-14(25)6-12(24)19(27)28)32-18(16(15)31-10(2)23)21-5-3-4-11(7-21)17(20)26/h3,5,7,12-13,15-16,18,24H,4,6,8H2,1-2H3,(H2,20,26)(H,27,28)/t12-,13+,15+,16+,18+/m0/s1. The molecule has 2 rings (SSSR count). The minimum absolute atomic E-state index is 0.249. The molecule has 0 spiro atoms. The van der Waals surface area contributed by atoms with E-state index in [4.69, 9.17) is 29.8 Å². The predicted molar refractivity (Wildman–Crippen MR) is 102 cm³/mol. The number of hydrogen-bond acceptors (Lipinski definition) is 11. The van der Waals surface area contributed by atoms with Crippen LogP contribution in [0.5, 0.6) is 0 Å². The van der Waals surface area contributed by atoms with Crippen molar-refractivity contribution in [2.24, 2.45) is 5.73 Å². The molecule has 0 aromatic rings. The number of carboxylic acids is 1. The average Bonchev–Trinajstić information content (AvgIpc) is 3.02. The van der Waals surface area contributed by atoms with E-state index in [-0.39, 0.29) is 12.0 Å². The second kappa shape index (κ2) is 10.7. The van der Waals surface area contributed by atoms with E-state index >= 15 is 0 Å². The van der Waals surface area contributed by atoms with Crippen LogP contribution in [-0.2, 0) is 42.9 Å². The Labute approximate surface area is 182 Å². The van der Waals surface area contributed by atoms with Gasteiger partial charge in [0.1, 0.15) is 12.7 Å². The zero-order valence-corrected chi connectivity index (χ0v) is 17.3. The number of rotatable bonds is 9. The lowest BCUT2D eigenvalue weighted by molar-refractivity contribution is -0.167. The van der Waals surface area contributed by atoms with Gasteiger partial charge in [-0.2, -0.15) is 0 Å². The van der Waals surface area contributed by atoms with Crippen molar-refractivity contribution in [2.75, 3.05) is 6.61 Å². The van der Waals surface area contributed by atoms with Crippen LogP contribution in [-0.4, -0.2) is 82.1 Å². The van der Waals surface area contributed by atoms with Gasteiger partial charge in [-0.3, -0.25) is 19.2 Å². The molecule has 0 saturated carbocycles. The van der Waals surface area contributed by atoms with Crippen molar-refractivity contribution in [3.8, 4) is 0 Å². The van der Waals surface area contributed by atoms with Crippen LogP contribution in [0.25, 0.3) is 0 Å². The number of nitrogens with two attached hydrogens (primary N) is 1. The summed E-state index contributed by atoms with van der Waals surface area (Å²) in [6.07, 6.45) is -2.46. The molecule has 0 unspecified atom stereocenters. The number of aliphatic hydroxyl groups is 1. The number of hydrogen-bond donors (Lipinski definition) is 3. The van der Waals surface area contributed by atoms with Crippen LogP contribution in [0.2, 0.25) is 0 Å². The predicted octanol–water partition coefficient (Wildman–Crippen LogP) is -1.46. The van der Waals surface area contributed by atoms with Gasteiger partial charge in [-0.25, -0.2) is 4.79 Å². The van der Waals surface area contributed by atoms with E-state index in [1.54, 1.807) is 12.3 Å². The number of carbonyl (C=O) groups excluding carboxylic acids is 4. The van der Waals surface area contributed by atoms with Gasteiger partial charge in [0.25, 0.3) is 0 Å². The molecule has 2 heterocycles. The minimum atomic E-state index is -1.95. The number of carboxylic acid groups (broad SMARTS) is 1. The molecule has 0 bridgehead atoms. The number of nitrogens with zero attached hydrogens (tertiary/aromatic N) is 1. The summed E-state index contributed by atoms with van der Waals surface area (Å²) in [6, 6.07) is 0. The molecule has 4 N–H and O–H groups in total. The number of carbonyl (C=O) groups is 5. The number of primary amides is 1. The molecule has 0 aliphatic carbocycles.